The van der Waals surface area contributed by atoms with E-state index in [0.717, 1.165) is 28.8 Å². The summed E-state index contributed by atoms with van der Waals surface area (Å²) in [6.45, 7) is 4.15. The Bertz CT molecular complexity index is 940. The summed E-state index contributed by atoms with van der Waals surface area (Å²) in [5.41, 5.74) is 3.97. The SMILES string of the molecule is CC[C@@H](C)N1C(=O)c2ccccc2N[C@H]1c1cnc2ccccc2n1. The fourth-order valence-corrected chi connectivity index (χ4v) is 3.24. The average Bonchev–Trinajstić information content (AvgIpc) is 2.67. The molecule has 5 heteroatoms. The first kappa shape index (κ1) is 15.6. The molecule has 2 heterocycles. The molecule has 5 nitrogen and oxygen atoms in total. The van der Waals surface area contributed by atoms with Gasteiger partial charge in [0.1, 0.15) is 11.9 Å². The van der Waals surface area contributed by atoms with Crippen molar-refractivity contribution in [3.05, 3.63) is 66.0 Å². The first-order valence-electron chi connectivity index (χ1n) is 8.59. The minimum absolute atomic E-state index is 0.0312. The maximum atomic E-state index is 13.1. The van der Waals surface area contributed by atoms with Crippen LogP contribution in [0.3, 0.4) is 0 Å². The van der Waals surface area contributed by atoms with Gasteiger partial charge in [0.05, 0.1) is 22.8 Å². The van der Waals surface area contributed by atoms with Gasteiger partial charge in [-0.25, -0.2) is 4.98 Å². The van der Waals surface area contributed by atoms with Gasteiger partial charge in [0.2, 0.25) is 0 Å². The summed E-state index contributed by atoms with van der Waals surface area (Å²) in [4.78, 5) is 24.2. The van der Waals surface area contributed by atoms with Crippen molar-refractivity contribution in [1.29, 1.82) is 0 Å². The van der Waals surface area contributed by atoms with Crippen LogP contribution in [0, 0.1) is 0 Å². The molecular formula is C20H20N4O. The lowest BCUT2D eigenvalue weighted by atomic mass is 10.0. The van der Waals surface area contributed by atoms with Crippen molar-refractivity contribution in [3.8, 4) is 0 Å². The van der Waals surface area contributed by atoms with Crippen molar-refractivity contribution < 1.29 is 4.79 Å². The average molecular weight is 332 g/mol. The number of amides is 1. The van der Waals surface area contributed by atoms with Crippen LogP contribution in [0.2, 0.25) is 0 Å². The van der Waals surface area contributed by atoms with E-state index in [9.17, 15) is 4.79 Å². The Morgan fingerprint density at radius 1 is 1.12 bits per heavy atom. The summed E-state index contributed by atoms with van der Waals surface area (Å²) in [7, 11) is 0. The van der Waals surface area contributed by atoms with Crippen LogP contribution in [0.1, 0.15) is 42.5 Å². The molecule has 1 N–H and O–H groups in total. The van der Waals surface area contributed by atoms with E-state index in [1.165, 1.54) is 0 Å². The largest absolute Gasteiger partial charge is 0.359 e. The highest BCUT2D eigenvalue weighted by molar-refractivity contribution is 6.01. The molecule has 2 atom stereocenters. The second-order valence-electron chi connectivity index (χ2n) is 6.35. The van der Waals surface area contributed by atoms with E-state index in [0.29, 0.717) is 5.56 Å². The van der Waals surface area contributed by atoms with Crippen LogP contribution in [-0.4, -0.2) is 26.8 Å². The molecule has 3 aromatic rings. The fourth-order valence-electron chi connectivity index (χ4n) is 3.24. The van der Waals surface area contributed by atoms with Gasteiger partial charge < -0.3 is 10.2 Å². The van der Waals surface area contributed by atoms with Gasteiger partial charge in [-0.05, 0) is 37.6 Å². The Hall–Kier alpha value is -2.95. The lowest BCUT2D eigenvalue weighted by Crippen LogP contribution is -2.47. The van der Waals surface area contributed by atoms with Crippen LogP contribution in [0.5, 0.6) is 0 Å². The maximum absolute atomic E-state index is 13.1. The summed E-state index contributed by atoms with van der Waals surface area (Å²) in [5.74, 6) is 0.0312. The van der Waals surface area contributed by atoms with Crippen molar-refractivity contribution in [2.75, 3.05) is 5.32 Å². The van der Waals surface area contributed by atoms with Crippen LogP contribution in [0.4, 0.5) is 5.69 Å². The molecule has 1 aliphatic rings. The zero-order chi connectivity index (χ0) is 17.4. The quantitative estimate of drug-likeness (QED) is 0.788. The summed E-state index contributed by atoms with van der Waals surface area (Å²) in [6, 6.07) is 15.5. The molecule has 0 spiro atoms. The summed E-state index contributed by atoms with van der Waals surface area (Å²) in [5, 5.41) is 3.48. The summed E-state index contributed by atoms with van der Waals surface area (Å²) in [6.07, 6.45) is 2.30. The zero-order valence-corrected chi connectivity index (χ0v) is 14.3. The van der Waals surface area contributed by atoms with Crippen molar-refractivity contribution in [3.63, 3.8) is 0 Å². The number of aromatic nitrogens is 2. The number of rotatable bonds is 3. The number of nitrogens with one attached hydrogen (secondary N) is 1. The van der Waals surface area contributed by atoms with Crippen molar-refractivity contribution in [1.82, 2.24) is 14.9 Å². The number of fused-ring (bicyclic) bond motifs is 2. The van der Waals surface area contributed by atoms with E-state index >= 15 is 0 Å². The van der Waals surface area contributed by atoms with Crippen molar-refractivity contribution >= 4 is 22.6 Å². The Labute approximate surface area is 146 Å². The van der Waals surface area contributed by atoms with Crippen LogP contribution >= 0.6 is 0 Å². The van der Waals surface area contributed by atoms with Crippen LogP contribution in [0.15, 0.2) is 54.7 Å². The smallest absolute Gasteiger partial charge is 0.258 e. The topological polar surface area (TPSA) is 58.1 Å². The molecule has 1 amide bonds. The molecule has 0 fully saturated rings. The first-order valence-corrected chi connectivity index (χ1v) is 8.59. The molecule has 1 aliphatic heterocycles. The third-order valence-electron chi connectivity index (χ3n) is 4.78. The lowest BCUT2D eigenvalue weighted by Gasteiger charge is -2.40. The van der Waals surface area contributed by atoms with Gasteiger partial charge in [-0.1, -0.05) is 31.2 Å². The third-order valence-corrected chi connectivity index (χ3v) is 4.78. The van der Waals surface area contributed by atoms with Gasteiger partial charge in [-0.15, -0.1) is 0 Å². The van der Waals surface area contributed by atoms with Gasteiger partial charge in [0, 0.05) is 11.7 Å². The molecule has 0 radical (unpaired) electrons. The monoisotopic (exact) mass is 332 g/mol. The number of hydrogen-bond donors (Lipinski definition) is 1. The number of benzene rings is 2. The normalized spacial score (nSPS) is 17.9. The Kier molecular flexibility index (Phi) is 3.84. The minimum atomic E-state index is -0.325. The van der Waals surface area contributed by atoms with Gasteiger partial charge in [-0.3, -0.25) is 9.78 Å². The maximum Gasteiger partial charge on any atom is 0.258 e. The van der Waals surface area contributed by atoms with Crippen molar-refractivity contribution in [2.45, 2.75) is 32.5 Å². The molecule has 0 saturated heterocycles. The van der Waals surface area contributed by atoms with E-state index in [2.05, 4.69) is 24.1 Å². The molecule has 0 unspecified atom stereocenters. The Morgan fingerprint density at radius 3 is 2.64 bits per heavy atom. The number of carbonyl (C=O) groups excluding carboxylic acids is 1. The highest BCUT2D eigenvalue weighted by Crippen LogP contribution is 2.34. The molecule has 0 aliphatic carbocycles. The molecule has 2 aromatic carbocycles. The van der Waals surface area contributed by atoms with Crippen LogP contribution < -0.4 is 5.32 Å². The number of para-hydroxylation sites is 3. The van der Waals surface area contributed by atoms with Crippen LogP contribution in [-0.2, 0) is 0 Å². The second kappa shape index (κ2) is 6.16. The standard InChI is InChI=1S/C20H20N4O/c1-3-13(2)24-19(23-15-9-5-4-8-14(15)20(24)25)18-12-21-16-10-6-7-11-17(16)22-18/h4-13,19,23H,3H2,1-2H3/t13-,19-/m1/s1. The molecular weight excluding hydrogens is 312 g/mol. The van der Waals surface area contributed by atoms with E-state index < -0.39 is 0 Å². The fraction of sp³-hybridized carbons (Fsp3) is 0.250. The molecule has 1 aromatic heterocycles. The van der Waals surface area contributed by atoms with Crippen LogP contribution in [0.25, 0.3) is 11.0 Å². The number of hydrogen-bond acceptors (Lipinski definition) is 4. The predicted octanol–water partition coefficient (Wildman–Crippen LogP) is 3.99. The zero-order valence-electron chi connectivity index (χ0n) is 14.3. The van der Waals surface area contributed by atoms with Gasteiger partial charge in [-0.2, -0.15) is 0 Å². The molecule has 25 heavy (non-hydrogen) atoms. The van der Waals surface area contributed by atoms with Gasteiger partial charge in [0.15, 0.2) is 0 Å². The summed E-state index contributed by atoms with van der Waals surface area (Å²) >= 11 is 0. The highest BCUT2D eigenvalue weighted by Gasteiger charge is 2.36. The third kappa shape index (κ3) is 2.61. The van der Waals surface area contributed by atoms with Gasteiger partial charge in [0.25, 0.3) is 5.91 Å². The van der Waals surface area contributed by atoms with E-state index in [4.69, 9.17) is 4.98 Å². The minimum Gasteiger partial charge on any atom is -0.359 e. The van der Waals surface area contributed by atoms with E-state index in [1.807, 2.05) is 53.4 Å². The molecule has 0 bridgehead atoms. The molecule has 4 rings (SSSR count). The summed E-state index contributed by atoms with van der Waals surface area (Å²) < 4.78 is 0. The number of nitrogens with zero attached hydrogens (tertiary/aromatic N) is 3. The van der Waals surface area contributed by atoms with Gasteiger partial charge >= 0.3 is 0 Å². The van der Waals surface area contributed by atoms with E-state index in [-0.39, 0.29) is 18.1 Å². The highest BCUT2D eigenvalue weighted by atomic mass is 16.2. The number of anilines is 1. The number of carbonyl (C=O) groups is 1. The lowest BCUT2D eigenvalue weighted by molar-refractivity contribution is 0.0589. The first-order chi connectivity index (χ1) is 12.2. The Balaban J connectivity index is 1.83. The Morgan fingerprint density at radius 2 is 1.84 bits per heavy atom. The predicted molar refractivity (Wildman–Crippen MR) is 98.3 cm³/mol. The molecule has 126 valence electrons. The molecule has 0 saturated carbocycles. The van der Waals surface area contributed by atoms with E-state index in [1.54, 1.807) is 6.20 Å². The second-order valence-corrected chi connectivity index (χ2v) is 6.35. The van der Waals surface area contributed by atoms with Crippen molar-refractivity contribution in [2.24, 2.45) is 0 Å².